The minimum absolute atomic E-state index is 0.234. The molecule has 0 spiro atoms. The van der Waals surface area contributed by atoms with E-state index in [1.807, 2.05) is 19.1 Å². The van der Waals surface area contributed by atoms with Crippen molar-refractivity contribution in [1.29, 1.82) is 5.41 Å². The highest BCUT2D eigenvalue weighted by atomic mass is 35.5. The molecule has 0 radical (unpaired) electrons. The summed E-state index contributed by atoms with van der Waals surface area (Å²) in [6.45, 7) is 4.94. The Morgan fingerprint density at radius 1 is 0.977 bits per heavy atom. The molecule has 5 N–H and O–H groups in total. The highest BCUT2D eigenvalue weighted by molar-refractivity contribution is 6.17. The molecule has 0 fully saturated rings. The van der Waals surface area contributed by atoms with Gasteiger partial charge in [-0.05, 0) is 55.7 Å². The van der Waals surface area contributed by atoms with E-state index in [-0.39, 0.29) is 5.56 Å². The topological polar surface area (TPSA) is 157 Å². The SMILES string of the molecule is Cc1ccc(-c2c3ccc(=N)cc-3oc3cc(N)ccc23)c(C(=O)OO)c1.O=CNCCOCCOCCCCCCCl. The summed E-state index contributed by atoms with van der Waals surface area (Å²) >= 11 is 5.56. The van der Waals surface area contributed by atoms with Crippen molar-refractivity contribution in [2.75, 3.05) is 44.6 Å². The van der Waals surface area contributed by atoms with E-state index in [1.54, 1.807) is 42.5 Å². The molecule has 0 atom stereocenters. The zero-order valence-electron chi connectivity index (χ0n) is 24.2. The molecule has 11 heteroatoms. The van der Waals surface area contributed by atoms with Gasteiger partial charge in [-0.3, -0.25) is 9.68 Å². The molecule has 230 valence electrons. The van der Waals surface area contributed by atoms with Crippen LogP contribution < -0.4 is 16.4 Å². The first kappa shape index (κ1) is 33.5. The molecule has 2 aromatic rings. The van der Waals surface area contributed by atoms with Gasteiger partial charge in [-0.25, -0.2) is 4.79 Å². The van der Waals surface area contributed by atoms with Gasteiger partial charge < -0.3 is 30.4 Å². The fourth-order valence-corrected chi connectivity index (χ4v) is 4.64. The molecule has 2 aromatic carbocycles. The quantitative estimate of drug-likeness (QED) is 0.0251. The van der Waals surface area contributed by atoms with Crippen molar-refractivity contribution in [3.63, 3.8) is 0 Å². The second-order valence-electron chi connectivity index (χ2n) is 9.77. The number of amides is 1. The van der Waals surface area contributed by atoms with E-state index in [1.165, 1.54) is 12.8 Å². The molecule has 0 aromatic heterocycles. The van der Waals surface area contributed by atoms with Crippen molar-refractivity contribution >= 4 is 40.6 Å². The lowest BCUT2D eigenvalue weighted by Gasteiger charge is -2.17. The molecule has 0 saturated carbocycles. The zero-order chi connectivity index (χ0) is 31.0. The van der Waals surface area contributed by atoms with Crippen molar-refractivity contribution in [1.82, 2.24) is 5.32 Å². The Bertz CT molecular complexity index is 1510. The van der Waals surface area contributed by atoms with E-state index in [4.69, 9.17) is 41.9 Å². The Hall–Kier alpha value is -3.96. The minimum Gasteiger partial charge on any atom is -0.456 e. The van der Waals surface area contributed by atoms with Gasteiger partial charge in [0, 0.05) is 53.4 Å². The van der Waals surface area contributed by atoms with Gasteiger partial charge in [-0.2, -0.15) is 5.26 Å². The third-order valence-electron chi connectivity index (χ3n) is 6.51. The molecule has 0 unspecified atom stereocenters. The molecule has 1 aliphatic carbocycles. The van der Waals surface area contributed by atoms with Crippen LogP contribution in [0.3, 0.4) is 0 Å². The first-order valence-corrected chi connectivity index (χ1v) is 14.6. The van der Waals surface area contributed by atoms with Crippen molar-refractivity contribution < 1.29 is 33.6 Å². The van der Waals surface area contributed by atoms with Gasteiger partial charge in [0.2, 0.25) is 6.41 Å². The molecule has 4 rings (SSSR count). The van der Waals surface area contributed by atoms with Crippen LogP contribution in [-0.2, 0) is 19.2 Å². The first-order valence-electron chi connectivity index (χ1n) is 14.1. The number of nitrogen functional groups attached to an aromatic ring is 1. The van der Waals surface area contributed by atoms with Crippen LogP contribution in [0.2, 0.25) is 0 Å². The largest absolute Gasteiger partial charge is 0.456 e. The number of anilines is 1. The van der Waals surface area contributed by atoms with Crippen LogP contribution in [-0.4, -0.2) is 56.5 Å². The zero-order valence-corrected chi connectivity index (χ0v) is 25.0. The second-order valence-corrected chi connectivity index (χ2v) is 10.1. The van der Waals surface area contributed by atoms with Crippen molar-refractivity contribution in [2.45, 2.75) is 32.6 Å². The van der Waals surface area contributed by atoms with Crippen LogP contribution in [0, 0.1) is 12.3 Å². The van der Waals surface area contributed by atoms with E-state index >= 15 is 0 Å². The van der Waals surface area contributed by atoms with Crippen LogP contribution >= 0.6 is 11.6 Å². The molecular formula is C32H38ClN3O7. The molecule has 0 bridgehead atoms. The van der Waals surface area contributed by atoms with Crippen molar-refractivity contribution in [2.24, 2.45) is 0 Å². The molecule has 0 saturated heterocycles. The van der Waals surface area contributed by atoms with E-state index in [0.29, 0.717) is 60.7 Å². The Kier molecular flexibility index (Phi) is 13.9. The minimum atomic E-state index is -0.844. The summed E-state index contributed by atoms with van der Waals surface area (Å²) < 4.78 is 16.5. The van der Waals surface area contributed by atoms with Crippen molar-refractivity contribution in [3.8, 4) is 22.5 Å². The fourth-order valence-electron chi connectivity index (χ4n) is 4.46. The molecule has 2 aliphatic rings. The summed E-state index contributed by atoms with van der Waals surface area (Å²) in [7, 11) is 0. The lowest BCUT2D eigenvalue weighted by atomic mass is 9.90. The van der Waals surface area contributed by atoms with Crippen LogP contribution in [0.4, 0.5) is 5.69 Å². The average molecular weight is 612 g/mol. The normalized spacial score (nSPS) is 10.8. The lowest BCUT2D eigenvalue weighted by Crippen LogP contribution is -2.18. The highest BCUT2D eigenvalue weighted by Crippen LogP contribution is 2.41. The van der Waals surface area contributed by atoms with Gasteiger partial charge in [0.25, 0.3) is 0 Å². The monoisotopic (exact) mass is 611 g/mol. The summed E-state index contributed by atoms with van der Waals surface area (Å²) in [4.78, 5) is 26.1. The Labute approximate surface area is 255 Å². The van der Waals surface area contributed by atoms with E-state index in [9.17, 15) is 9.59 Å². The third kappa shape index (κ3) is 10.1. The van der Waals surface area contributed by atoms with E-state index < -0.39 is 5.97 Å². The summed E-state index contributed by atoms with van der Waals surface area (Å²) in [6, 6.07) is 15.7. The molecular weight excluding hydrogens is 574 g/mol. The first-order chi connectivity index (χ1) is 20.9. The fraction of sp³-hybridized carbons (Fsp3) is 0.344. The maximum Gasteiger partial charge on any atom is 0.373 e. The summed E-state index contributed by atoms with van der Waals surface area (Å²) in [5, 5.41) is 20.4. The number of aryl methyl sites for hydroxylation is 1. The smallest absolute Gasteiger partial charge is 0.373 e. The van der Waals surface area contributed by atoms with Gasteiger partial charge in [-0.15, -0.1) is 11.6 Å². The Morgan fingerprint density at radius 2 is 1.72 bits per heavy atom. The number of hydrogen-bond donors (Lipinski definition) is 4. The van der Waals surface area contributed by atoms with Gasteiger partial charge >= 0.3 is 5.97 Å². The van der Waals surface area contributed by atoms with Gasteiger partial charge in [-0.1, -0.05) is 30.5 Å². The van der Waals surface area contributed by atoms with Crippen LogP contribution in [0.15, 0.2) is 59.0 Å². The number of hydrogen-bond acceptors (Lipinski definition) is 9. The van der Waals surface area contributed by atoms with Gasteiger partial charge in [0.1, 0.15) is 11.3 Å². The van der Waals surface area contributed by atoms with E-state index in [2.05, 4.69) is 10.2 Å². The van der Waals surface area contributed by atoms with Crippen LogP contribution in [0.1, 0.15) is 41.6 Å². The molecule has 10 nitrogen and oxygen atoms in total. The number of benzene rings is 3. The number of unbranched alkanes of at least 4 members (excludes halogenated alkanes) is 3. The summed E-state index contributed by atoms with van der Waals surface area (Å²) in [6.07, 6.45) is 5.20. The standard InChI is InChI=1S/C21H16N2O4.C11H22ClNO3/c1-11-2-5-14(17(8-11)21(24)27-25)20-15-6-3-12(22)9-18(15)26-19-10-13(23)4-7-16(19)20;12-5-3-1-2-4-7-15-9-10-16-8-6-13-11-14/h2-10,22,25H,23H2,1H3;11H,1-10H2,(H,13,14). The lowest BCUT2D eigenvalue weighted by molar-refractivity contribution is -0.182. The average Bonchev–Trinajstić information content (AvgIpc) is 3.00. The highest BCUT2D eigenvalue weighted by Gasteiger charge is 2.22. The Balaban J connectivity index is 0.000000273. The number of nitrogens with two attached hydrogens (primary N) is 1. The number of rotatable bonds is 15. The molecule has 1 aliphatic heterocycles. The van der Waals surface area contributed by atoms with Gasteiger partial charge in [0.05, 0.1) is 30.7 Å². The number of halogens is 1. The van der Waals surface area contributed by atoms with E-state index in [0.717, 1.165) is 47.4 Å². The number of carbonyl (C=O) groups is 2. The van der Waals surface area contributed by atoms with Crippen LogP contribution in [0.25, 0.3) is 33.4 Å². The second kappa shape index (κ2) is 17.9. The predicted molar refractivity (Wildman–Crippen MR) is 166 cm³/mol. The molecule has 1 amide bonds. The summed E-state index contributed by atoms with van der Waals surface area (Å²) in [5.41, 5.74) is 10.1. The number of fused-ring (bicyclic) bond motifs is 2. The Morgan fingerprint density at radius 3 is 2.47 bits per heavy atom. The molecule has 43 heavy (non-hydrogen) atoms. The van der Waals surface area contributed by atoms with Crippen LogP contribution in [0.5, 0.6) is 0 Å². The number of ether oxygens (including phenoxy) is 2. The van der Waals surface area contributed by atoms with Gasteiger partial charge in [0.15, 0.2) is 0 Å². The third-order valence-corrected chi connectivity index (χ3v) is 6.78. The maximum absolute atomic E-state index is 12.2. The summed E-state index contributed by atoms with van der Waals surface area (Å²) in [5.74, 6) is 0.409. The van der Waals surface area contributed by atoms with Crippen molar-refractivity contribution in [3.05, 3.63) is 71.1 Å². The predicted octanol–water partition coefficient (Wildman–Crippen LogP) is 5.77. The number of alkyl halides is 1. The number of carbonyl (C=O) groups excluding carboxylic acids is 2. The molecule has 1 heterocycles. The maximum atomic E-state index is 12.2. The number of nitrogens with one attached hydrogen (secondary N) is 2.